The topological polar surface area (TPSA) is 62.0 Å². The lowest BCUT2D eigenvalue weighted by molar-refractivity contribution is 0.0879. The third-order valence-electron chi connectivity index (χ3n) is 1.46. The van der Waals surface area contributed by atoms with Crippen molar-refractivity contribution in [1.29, 1.82) is 0 Å². The predicted molar refractivity (Wildman–Crippen MR) is 32.6 cm³/mol. The Bertz CT molecular complexity index is 285. The van der Waals surface area contributed by atoms with Crippen molar-refractivity contribution in [3.05, 3.63) is 23.5 Å². The SMILES string of the molecule is O=C1NC(=O)c2c[nH]cc21. The van der Waals surface area contributed by atoms with E-state index in [-0.39, 0.29) is 11.8 Å². The predicted octanol–water partition coefficient (Wildman–Crippen LogP) is -0.102. The van der Waals surface area contributed by atoms with Crippen LogP contribution in [0.4, 0.5) is 0 Å². The van der Waals surface area contributed by atoms with E-state index in [0.717, 1.165) is 0 Å². The zero-order valence-corrected chi connectivity index (χ0v) is 4.97. The Balaban J connectivity index is 2.69. The fourth-order valence-corrected chi connectivity index (χ4v) is 0.977. The molecule has 1 aliphatic rings. The maximum absolute atomic E-state index is 10.8. The van der Waals surface area contributed by atoms with E-state index in [9.17, 15) is 9.59 Å². The van der Waals surface area contributed by atoms with Crippen LogP contribution in [0.25, 0.3) is 0 Å². The quantitative estimate of drug-likeness (QED) is 0.489. The van der Waals surface area contributed by atoms with Crippen LogP contribution in [0.3, 0.4) is 0 Å². The van der Waals surface area contributed by atoms with Crippen LogP contribution in [-0.4, -0.2) is 16.8 Å². The molecule has 2 heterocycles. The molecule has 1 aliphatic heterocycles. The number of H-pyrrole nitrogens is 1. The lowest BCUT2D eigenvalue weighted by Crippen LogP contribution is -2.20. The van der Waals surface area contributed by atoms with E-state index < -0.39 is 0 Å². The molecule has 0 unspecified atom stereocenters. The van der Waals surface area contributed by atoms with Gasteiger partial charge in [-0.15, -0.1) is 0 Å². The molecule has 10 heavy (non-hydrogen) atoms. The molecule has 4 heteroatoms. The van der Waals surface area contributed by atoms with Crippen LogP contribution in [0.5, 0.6) is 0 Å². The summed E-state index contributed by atoms with van der Waals surface area (Å²) in [6, 6.07) is 0. The maximum atomic E-state index is 10.8. The van der Waals surface area contributed by atoms with Gasteiger partial charge in [-0.1, -0.05) is 0 Å². The number of hydrogen-bond acceptors (Lipinski definition) is 2. The highest BCUT2D eigenvalue weighted by Gasteiger charge is 2.26. The number of rotatable bonds is 0. The summed E-state index contributed by atoms with van der Waals surface area (Å²) in [5, 5.41) is 2.16. The number of carbonyl (C=O) groups excluding carboxylic acids is 2. The third-order valence-corrected chi connectivity index (χ3v) is 1.46. The first-order valence-corrected chi connectivity index (χ1v) is 2.81. The van der Waals surface area contributed by atoms with E-state index in [0.29, 0.717) is 11.1 Å². The zero-order chi connectivity index (χ0) is 7.14. The molecular weight excluding hydrogens is 132 g/mol. The molecule has 0 radical (unpaired) electrons. The van der Waals surface area contributed by atoms with Crippen molar-refractivity contribution in [3.63, 3.8) is 0 Å². The second kappa shape index (κ2) is 1.47. The number of aromatic amines is 1. The van der Waals surface area contributed by atoms with E-state index in [2.05, 4.69) is 10.3 Å². The summed E-state index contributed by atoms with van der Waals surface area (Å²) in [7, 11) is 0. The molecule has 2 N–H and O–H groups in total. The standard InChI is InChI=1S/C6H4N2O2/c9-5-3-1-7-2-4(3)6(10)8-5/h1-2,7H,(H,8,9,10). The average molecular weight is 136 g/mol. The minimum Gasteiger partial charge on any atom is -0.366 e. The van der Waals surface area contributed by atoms with Crippen LogP contribution >= 0.6 is 0 Å². The highest BCUT2D eigenvalue weighted by Crippen LogP contribution is 2.12. The van der Waals surface area contributed by atoms with Gasteiger partial charge in [0, 0.05) is 12.4 Å². The van der Waals surface area contributed by atoms with Gasteiger partial charge in [-0.05, 0) is 0 Å². The summed E-state index contributed by atoms with van der Waals surface area (Å²) in [6.07, 6.45) is 3.02. The fraction of sp³-hybridized carbons (Fsp3) is 0. The molecular formula is C6H4N2O2. The summed E-state index contributed by atoms with van der Waals surface area (Å²) in [5.74, 6) is -0.637. The Labute approximate surface area is 56.2 Å². The van der Waals surface area contributed by atoms with Crippen LogP contribution < -0.4 is 5.32 Å². The third kappa shape index (κ3) is 0.452. The van der Waals surface area contributed by atoms with Crippen molar-refractivity contribution in [2.45, 2.75) is 0 Å². The first-order valence-electron chi connectivity index (χ1n) is 2.81. The van der Waals surface area contributed by atoms with Gasteiger partial charge in [0.05, 0.1) is 11.1 Å². The second-order valence-corrected chi connectivity index (χ2v) is 2.07. The van der Waals surface area contributed by atoms with Crippen LogP contribution in [-0.2, 0) is 0 Å². The van der Waals surface area contributed by atoms with E-state index >= 15 is 0 Å². The molecule has 4 nitrogen and oxygen atoms in total. The molecule has 2 rings (SSSR count). The number of nitrogens with one attached hydrogen (secondary N) is 2. The minimum absolute atomic E-state index is 0.318. The monoisotopic (exact) mass is 136 g/mol. The molecule has 0 saturated heterocycles. The molecule has 0 aromatic carbocycles. The van der Waals surface area contributed by atoms with Crippen molar-refractivity contribution < 1.29 is 9.59 Å². The van der Waals surface area contributed by atoms with Crippen LogP contribution in [0.15, 0.2) is 12.4 Å². The Morgan fingerprint density at radius 1 is 1.00 bits per heavy atom. The van der Waals surface area contributed by atoms with Crippen molar-refractivity contribution in [2.75, 3.05) is 0 Å². The molecule has 0 aliphatic carbocycles. The fourth-order valence-electron chi connectivity index (χ4n) is 0.977. The second-order valence-electron chi connectivity index (χ2n) is 2.07. The van der Waals surface area contributed by atoms with Gasteiger partial charge < -0.3 is 4.98 Å². The number of amides is 2. The Morgan fingerprint density at radius 3 is 2.00 bits per heavy atom. The largest absolute Gasteiger partial charge is 0.366 e. The summed E-state index contributed by atoms with van der Waals surface area (Å²) in [5.41, 5.74) is 0.870. The first kappa shape index (κ1) is 5.22. The van der Waals surface area contributed by atoms with Crippen molar-refractivity contribution >= 4 is 11.8 Å². The van der Waals surface area contributed by atoms with Crippen molar-refractivity contribution in [1.82, 2.24) is 10.3 Å². The van der Waals surface area contributed by atoms with E-state index in [1.807, 2.05) is 0 Å². The Morgan fingerprint density at radius 2 is 1.50 bits per heavy atom. The molecule has 0 saturated carbocycles. The summed E-state index contributed by atoms with van der Waals surface area (Å²) < 4.78 is 0. The smallest absolute Gasteiger partial charge is 0.260 e. The molecule has 50 valence electrons. The lowest BCUT2D eigenvalue weighted by atomic mass is 10.2. The van der Waals surface area contributed by atoms with Gasteiger partial charge in [0.25, 0.3) is 11.8 Å². The van der Waals surface area contributed by atoms with E-state index in [1.54, 1.807) is 0 Å². The van der Waals surface area contributed by atoms with Gasteiger partial charge in [0.15, 0.2) is 0 Å². The Hall–Kier alpha value is -1.58. The summed E-state index contributed by atoms with van der Waals surface area (Å²) >= 11 is 0. The molecule has 1 aromatic heterocycles. The molecule has 2 amide bonds. The highest BCUT2D eigenvalue weighted by atomic mass is 16.2. The van der Waals surface area contributed by atoms with Gasteiger partial charge in [-0.2, -0.15) is 0 Å². The minimum atomic E-state index is -0.318. The van der Waals surface area contributed by atoms with E-state index in [1.165, 1.54) is 12.4 Å². The van der Waals surface area contributed by atoms with Gasteiger partial charge in [0.1, 0.15) is 0 Å². The maximum Gasteiger partial charge on any atom is 0.260 e. The zero-order valence-electron chi connectivity index (χ0n) is 4.97. The highest BCUT2D eigenvalue weighted by molar-refractivity contribution is 6.21. The number of fused-ring (bicyclic) bond motifs is 1. The normalized spacial score (nSPS) is 15.2. The number of imide groups is 1. The number of carbonyl (C=O) groups is 2. The van der Waals surface area contributed by atoms with Crippen LogP contribution in [0, 0.1) is 0 Å². The number of aromatic nitrogens is 1. The van der Waals surface area contributed by atoms with Crippen LogP contribution in [0.1, 0.15) is 20.7 Å². The summed E-state index contributed by atoms with van der Waals surface area (Å²) in [6.45, 7) is 0. The van der Waals surface area contributed by atoms with Gasteiger partial charge >= 0.3 is 0 Å². The Kier molecular flexibility index (Phi) is 0.768. The van der Waals surface area contributed by atoms with Gasteiger partial charge in [0.2, 0.25) is 0 Å². The van der Waals surface area contributed by atoms with E-state index in [4.69, 9.17) is 0 Å². The van der Waals surface area contributed by atoms with Crippen molar-refractivity contribution in [3.8, 4) is 0 Å². The van der Waals surface area contributed by atoms with Gasteiger partial charge in [-0.25, -0.2) is 0 Å². The lowest BCUT2D eigenvalue weighted by Gasteiger charge is -1.84. The molecule has 0 fully saturated rings. The van der Waals surface area contributed by atoms with Gasteiger partial charge in [-0.3, -0.25) is 14.9 Å². The molecule has 0 spiro atoms. The molecule has 0 bridgehead atoms. The molecule has 0 atom stereocenters. The van der Waals surface area contributed by atoms with Crippen LogP contribution in [0.2, 0.25) is 0 Å². The average Bonchev–Trinajstić information content (AvgIpc) is 2.39. The van der Waals surface area contributed by atoms with Crippen molar-refractivity contribution in [2.24, 2.45) is 0 Å². The molecule has 1 aromatic rings. The first-order chi connectivity index (χ1) is 4.79. The number of hydrogen-bond donors (Lipinski definition) is 2. The summed E-state index contributed by atoms with van der Waals surface area (Å²) in [4.78, 5) is 24.2.